The molecular weight excluding hydrogens is 502 g/mol. The highest BCUT2D eigenvalue weighted by atomic mass is 35.5. The lowest BCUT2D eigenvalue weighted by Crippen LogP contribution is -2.48. The molecule has 0 bridgehead atoms. The molecule has 0 spiro atoms. The molecule has 2 aliphatic rings. The molecule has 1 aliphatic heterocycles. The first-order chi connectivity index (χ1) is 17.8. The molecule has 1 saturated carbocycles. The summed E-state index contributed by atoms with van der Waals surface area (Å²) < 4.78 is 40.1. The molecule has 2 aromatic carbocycles. The number of halogens is 3. The lowest BCUT2D eigenvalue weighted by atomic mass is 9.60. The summed E-state index contributed by atoms with van der Waals surface area (Å²) in [5.74, 6) is -0.888. The minimum absolute atomic E-state index is 0.179. The number of hydrogen-bond donors (Lipinski definition) is 2. The topological polar surface area (TPSA) is 80.7 Å². The largest absolute Gasteiger partial charge is 0.497 e. The Morgan fingerprint density at radius 2 is 2.08 bits per heavy atom. The first kappa shape index (κ1) is 25.8. The number of ether oxygens (including phenoxy) is 2. The van der Waals surface area contributed by atoms with Gasteiger partial charge in [-0.25, -0.2) is 8.78 Å². The monoisotopic (exact) mass is 530 g/mol. The van der Waals surface area contributed by atoms with Crippen LogP contribution in [0.15, 0.2) is 42.6 Å². The van der Waals surface area contributed by atoms with Crippen LogP contribution in [0.1, 0.15) is 49.3 Å². The quantitative estimate of drug-likeness (QED) is 0.388. The maximum atomic E-state index is 14.9. The number of aliphatic hydroxyl groups excluding tert-OH is 1. The van der Waals surface area contributed by atoms with Crippen LogP contribution in [-0.4, -0.2) is 42.4 Å². The van der Waals surface area contributed by atoms with Crippen molar-refractivity contribution in [2.24, 2.45) is 5.92 Å². The highest BCUT2D eigenvalue weighted by Gasteiger charge is 2.49. The van der Waals surface area contributed by atoms with Crippen molar-refractivity contribution in [2.45, 2.75) is 49.7 Å². The van der Waals surface area contributed by atoms with Gasteiger partial charge in [0.1, 0.15) is 23.5 Å². The Hall–Kier alpha value is -2.81. The van der Waals surface area contributed by atoms with Gasteiger partial charge in [-0.2, -0.15) is 0 Å². The number of hydrogen-bond acceptors (Lipinski definition) is 6. The summed E-state index contributed by atoms with van der Waals surface area (Å²) >= 11 is 6.46. The van der Waals surface area contributed by atoms with Gasteiger partial charge in [-0.1, -0.05) is 11.6 Å². The Labute approximate surface area is 218 Å². The van der Waals surface area contributed by atoms with Gasteiger partial charge in [-0.15, -0.1) is 0 Å². The van der Waals surface area contributed by atoms with E-state index in [0.717, 1.165) is 25.1 Å². The number of esters is 1. The Morgan fingerprint density at radius 1 is 1.27 bits per heavy atom. The third-order valence-electron chi connectivity index (χ3n) is 7.71. The lowest BCUT2D eigenvalue weighted by molar-refractivity contribution is -0.162. The molecule has 0 radical (unpaired) electrons. The van der Waals surface area contributed by atoms with Gasteiger partial charge in [0.15, 0.2) is 0 Å². The van der Waals surface area contributed by atoms with E-state index in [2.05, 4.69) is 10.3 Å². The molecular formula is C28H29ClF2N2O4. The fraction of sp³-hybridized carbons (Fsp3) is 0.429. The Bertz CT molecular complexity index is 1310. The number of rotatable bonds is 8. The van der Waals surface area contributed by atoms with Crippen molar-refractivity contribution in [2.75, 3.05) is 20.2 Å². The average Bonchev–Trinajstić information content (AvgIpc) is 3.41. The van der Waals surface area contributed by atoms with E-state index in [4.69, 9.17) is 21.1 Å². The molecule has 2 heterocycles. The molecule has 0 amide bonds. The minimum atomic E-state index is -0.982. The SMILES string of the molecule is COc1ccc2ncc(Cl)c(C(O)CCC3(c4cc(F)ccc4F)CC(OC(=O)C4CCNC4)C3)c2c1. The van der Waals surface area contributed by atoms with Crippen molar-refractivity contribution >= 4 is 28.5 Å². The van der Waals surface area contributed by atoms with Gasteiger partial charge in [0.2, 0.25) is 0 Å². The summed E-state index contributed by atoms with van der Waals surface area (Å²) in [5.41, 5.74) is 0.625. The van der Waals surface area contributed by atoms with Gasteiger partial charge in [0.05, 0.1) is 29.7 Å². The fourth-order valence-corrected chi connectivity index (χ4v) is 5.94. The van der Waals surface area contributed by atoms with Crippen molar-refractivity contribution in [1.29, 1.82) is 0 Å². The molecule has 1 aromatic heterocycles. The smallest absolute Gasteiger partial charge is 0.310 e. The third-order valence-corrected chi connectivity index (χ3v) is 8.01. The predicted octanol–water partition coefficient (Wildman–Crippen LogP) is 5.24. The van der Waals surface area contributed by atoms with E-state index < -0.39 is 23.2 Å². The van der Waals surface area contributed by atoms with Crippen LogP contribution in [0.5, 0.6) is 5.75 Å². The van der Waals surface area contributed by atoms with Crippen LogP contribution in [0, 0.1) is 17.6 Å². The second kappa shape index (κ2) is 10.5. The summed E-state index contributed by atoms with van der Waals surface area (Å²) in [4.78, 5) is 16.8. The lowest BCUT2D eigenvalue weighted by Gasteiger charge is -2.48. The van der Waals surface area contributed by atoms with Gasteiger partial charge in [0, 0.05) is 29.1 Å². The van der Waals surface area contributed by atoms with E-state index in [-0.39, 0.29) is 30.0 Å². The molecule has 1 saturated heterocycles. The van der Waals surface area contributed by atoms with Crippen molar-refractivity contribution in [1.82, 2.24) is 10.3 Å². The summed E-state index contributed by atoms with van der Waals surface area (Å²) in [7, 11) is 1.55. The van der Waals surface area contributed by atoms with E-state index in [1.165, 1.54) is 12.3 Å². The molecule has 1 aliphatic carbocycles. The zero-order valence-electron chi connectivity index (χ0n) is 20.5. The molecule has 2 N–H and O–H groups in total. The number of nitrogens with one attached hydrogen (secondary N) is 1. The molecule has 37 heavy (non-hydrogen) atoms. The van der Waals surface area contributed by atoms with E-state index in [1.807, 2.05) is 0 Å². The second-order valence-electron chi connectivity index (χ2n) is 10.0. The molecule has 2 atom stereocenters. The van der Waals surface area contributed by atoms with E-state index in [9.17, 15) is 18.7 Å². The summed E-state index contributed by atoms with van der Waals surface area (Å²) in [6.07, 6.45) is 2.14. The fourth-order valence-electron chi connectivity index (χ4n) is 5.66. The first-order valence-electron chi connectivity index (χ1n) is 12.5. The van der Waals surface area contributed by atoms with Gasteiger partial charge >= 0.3 is 5.97 Å². The highest BCUT2D eigenvalue weighted by molar-refractivity contribution is 6.32. The zero-order valence-corrected chi connectivity index (χ0v) is 21.2. The summed E-state index contributed by atoms with van der Waals surface area (Å²) in [5, 5.41) is 15.4. The van der Waals surface area contributed by atoms with Gasteiger partial charge in [-0.3, -0.25) is 9.78 Å². The highest BCUT2D eigenvalue weighted by Crippen LogP contribution is 2.51. The molecule has 3 aromatic rings. The van der Waals surface area contributed by atoms with Crippen LogP contribution in [0.25, 0.3) is 10.9 Å². The average molecular weight is 531 g/mol. The van der Waals surface area contributed by atoms with E-state index in [1.54, 1.807) is 25.3 Å². The van der Waals surface area contributed by atoms with E-state index in [0.29, 0.717) is 53.0 Å². The van der Waals surface area contributed by atoms with Crippen molar-refractivity contribution in [3.63, 3.8) is 0 Å². The predicted molar refractivity (Wildman–Crippen MR) is 136 cm³/mol. The number of nitrogens with zero attached hydrogens (tertiary/aromatic N) is 1. The molecule has 5 rings (SSSR count). The van der Waals surface area contributed by atoms with Gasteiger partial charge in [-0.05, 0) is 80.6 Å². The normalized spacial score (nSPS) is 24.0. The number of fused-ring (bicyclic) bond motifs is 1. The molecule has 9 heteroatoms. The van der Waals surface area contributed by atoms with Crippen LogP contribution in [0.4, 0.5) is 8.78 Å². The summed E-state index contributed by atoms with van der Waals surface area (Å²) in [6.45, 7) is 1.37. The molecule has 2 unspecified atom stereocenters. The number of carbonyl (C=O) groups excluding carboxylic acids is 1. The summed E-state index contributed by atoms with van der Waals surface area (Å²) in [6, 6.07) is 8.74. The van der Waals surface area contributed by atoms with Crippen LogP contribution in [0.3, 0.4) is 0 Å². The number of benzene rings is 2. The van der Waals surface area contributed by atoms with Crippen LogP contribution in [-0.2, 0) is 14.9 Å². The van der Waals surface area contributed by atoms with Gasteiger partial charge in [0.25, 0.3) is 0 Å². The molecule has 6 nitrogen and oxygen atoms in total. The number of methoxy groups -OCH3 is 1. The Balaban J connectivity index is 1.38. The van der Waals surface area contributed by atoms with Gasteiger partial charge < -0.3 is 19.9 Å². The van der Waals surface area contributed by atoms with E-state index >= 15 is 0 Å². The minimum Gasteiger partial charge on any atom is -0.497 e. The maximum absolute atomic E-state index is 14.9. The molecule has 196 valence electrons. The first-order valence-corrected chi connectivity index (χ1v) is 12.8. The standard InChI is InChI=1S/C28H29ClF2N2O4/c1-36-18-3-5-24-20(11-18)26(22(29)15-33-24)25(34)6-8-28(21-10-17(30)2-4-23(21)31)12-19(13-28)37-27(35)16-7-9-32-14-16/h2-5,10-11,15-16,19,25,32,34H,6-9,12-14H2,1H3. The third kappa shape index (κ3) is 5.15. The van der Waals surface area contributed by atoms with Crippen LogP contribution >= 0.6 is 11.6 Å². The maximum Gasteiger partial charge on any atom is 0.310 e. The number of aliphatic hydroxyl groups is 1. The zero-order chi connectivity index (χ0) is 26.2. The number of pyridine rings is 1. The number of carbonyl (C=O) groups is 1. The number of aromatic nitrogens is 1. The van der Waals surface area contributed by atoms with Crippen molar-refractivity contribution in [3.05, 3.63) is 70.4 Å². The van der Waals surface area contributed by atoms with Crippen LogP contribution < -0.4 is 10.1 Å². The Kier molecular flexibility index (Phi) is 7.34. The molecule has 2 fully saturated rings. The second-order valence-corrected chi connectivity index (χ2v) is 10.4. The van der Waals surface area contributed by atoms with Crippen molar-refractivity contribution < 1.29 is 28.2 Å². The Morgan fingerprint density at radius 3 is 2.81 bits per heavy atom. The van der Waals surface area contributed by atoms with Crippen LogP contribution in [0.2, 0.25) is 5.02 Å². The van der Waals surface area contributed by atoms with Crippen molar-refractivity contribution in [3.8, 4) is 5.75 Å².